The number of carbonyl (C=O) groups is 2. The summed E-state index contributed by atoms with van der Waals surface area (Å²) in [4.78, 5) is 29.9. The minimum Gasteiger partial charge on any atom is -0.494 e. The Balaban J connectivity index is 1.80. The van der Waals surface area contributed by atoms with Gasteiger partial charge in [0.1, 0.15) is 29.1 Å². The molecule has 2 aromatic heterocycles. The molecule has 0 saturated carbocycles. The van der Waals surface area contributed by atoms with Crippen LogP contribution in [0.2, 0.25) is 25.7 Å². The molecule has 0 fully saturated rings. The number of imidazole rings is 1. The number of fused-ring (bicyclic) bond motifs is 3. The van der Waals surface area contributed by atoms with Gasteiger partial charge in [-0.1, -0.05) is 19.6 Å². The van der Waals surface area contributed by atoms with E-state index in [0.29, 0.717) is 24.0 Å². The van der Waals surface area contributed by atoms with E-state index in [2.05, 4.69) is 24.6 Å². The number of ether oxygens (including phenoxy) is 3. The van der Waals surface area contributed by atoms with Crippen molar-refractivity contribution in [3.05, 3.63) is 23.3 Å². The molecule has 180 valence electrons. The van der Waals surface area contributed by atoms with Crippen molar-refractivity contribution in [1.82, 2.24) is 9.55 Å². The summed E-state index contributed by atoms with van der Waals surface area (Å²) in [5, 5.41) is 0.900. The Morgan fingerprint density at radius 2 is 1.88 bits per heavy atom. The van der Waals surface area contributed by atoms with E-state index in [0.717, 1.165) is 27.2 Å². The van der Waals surface area contributed by atoms with E-state index in [1.54, 1.807) is 13.4 Å². The molecule has 0 N–H and O–H groups in total. The maximum absolute atomic E-state index is 12.8. The highest BCUT2D eigenvalue weighted by Gasteiger charge is 2.21. The zero-order chi connectivity index (χ0) is 24.4. The number of nitrogens with zero attached hydrogens (tertiary/aromatic N) is 2. The number of hydrogen-bond acceptors (Lipinski definition) is 7. The number of esters is 1. The fraction of sp³-hybridized carbons (Fsp3) is 0.542. The van der Waals surface area contributed by atoms with Crippen LogP contribution < -0.4 is 4.74 Å². The summed E-state index contributed by atoms with van der Waals surface area (Å²) >= 11 is 1.39. The third-order valence-electron chi connectivity index (χ3n) is 5.05. The van der Waals surface area contributed by atoms with Gasteiger partial charge in [-0.3, -0.25) is 9.59 Å². The molecule has 0 saturated heterocycles. The maximum Gasteiger partial charge on any atom is 0.306 e. The molecule has 0 aliphatic rings. The molecule has 9 heteroatoms. The van der Waals surface area contributed by atoms with Gasteiger partial charge in [0.15, 0.2) is 5.78 Å². The molecule has 33 heavy (non-hydrogen) atoms. The van der Waals surface area contributed by atoms with Crippen LogP contribution in [0.4, 0.5) is 0 Å². The Morgan fingerprint density at radius 1 is 1.15 bits per heavy atom. The second-order valence-electron chi connectivity index (χ2n) is 10.4. The molecule has 3 aromatic rings. The minimum atomic E-state index is -1.16. The second-order valence-corrected chi connectivity index (χ2v) is 17.1. The largest absolute Gasteiger partial charge is 0.494 e. The summed E-state index contributed by atoms with van der Waals surface area (Å²) in [7, 11) is 0.474. The molecule has 2 heterocycles. The fourth-order valence-electron chi connectivity index (χ4n) is 3.39. The van der Waals surface area contributed by atoms with Gasteiger partial charge in [-0.05, 0) is 32.9 Å². The lowest BCUT2D eigenvalue weighted by atomic mass is 10.1. The summed E-state index contributed by atoms with van der Waals surface area (Å²) in [6, 6.07) is 4.90. The van der Waals surface area contributed by atoms with Crippen LogP contribution in [0.1, 0.15) is 43.3 Å². The van der Waals surface area contributed by atoms with E-state index < -0.39 is 13.7 Å². The predicted octanol–water partition coefficient (Wildman–Crippen LogP) is 5.88. The van der Waals surface area contributed by atoms with Crippen LogP contribution in [0.15, 0.2) is 18.5 Å². The van der Waals surface area contributed by atoms with Gasteiger partial charge in [0.25, 0.3) is 0 Å². The predicted molar refractivity (Wildman–Crippen MR) is 135 cm³/mol. The molecular formula is C24H34N2O5SSi. The number of aromatic nitrogens is 2. The van der Waals surface area contributed by atoms with Gasteiger partial charge in [-0.15, -0.1) is 11.3 Å². The van der Waals surface area contributed by atoms with E-state index in [4.69, 9.17) is 14.2 Å². The van der Waals surface area contributed by atoms with Crippen molar-refractivity contribution < 1.29 is 23.8 Å². The number of rotatable bonds is 10. The van der Waals surface area contributed by atoms with Gasteiger partial charge in [-0.2, -0.15) is 0 Å². The van der Waals surface area contributed by atoms with Crippen LogP contribution in [0, 0.1) is 0 Å². The van der Waals surface area contributed by atoms with Crippen molar-refractivity contribution in [1.29, 1.82) is 0 Å². The molecule has 3 rings (SSSR count). The van der Waals surface area contributed by atoms with Crippen LogP contribution in [0.5, 0.6) is 5.75 Å². The lowest BCUT2D eigenvalue weighted by molar-refractivity contribution is -0.154. The molecule has 0 unspecified atom stereocenters. The Labute approximate surface area is 200 Å². The number of Topliss-reactive ketones (excluding diaryl/α,β-unsaturated/α-hetero) is 1. The quantitative estimate of drug-likeness (QED) is 0.153. The Kier molecular flexibility index (Phi) is 7.65. The van der Waals surface area contributed by atoms with Gasteiger partial charge in [0, 0.05) is 37.3 Å². The maximum atomic E-state index is 12.8. The number of hydrogen-bond donors (Lipinski definition) is 0. The Bertz CT molecular complexity index is 1150. The normalized spacial score (nSPS) is 12.5. The first-order valence-electron chi connectivity index (χ1n) is 11.2. The molecule has 0 aliphatic heterocycles. The number of thiophene rings is 1. The van der Waals surface area contributed by atoms with Crippen molar-refractivity contribution in [2.24, 2.45) is 0 Å². The molecule has 0 aliphatic carbocycles. The third-order valence-corrected chi connectivity index (χ3v) is 7.87. The van der Waals surface area contributed by atoms with E-state index in [1.807, 2.05) is 37.5 Å². The van der Waals surface area contributed by atoms with Crippen molar-refractivity contribution in [2.75, 3.05) is 13.7 Å². The van der Waals surface area contributed by atoms with Gasteiger partial charge in [0.05, 0.1) is 24.7 Å². The molecule has 0 amide bonds. The van der Waals surface area contributed by atoms with Crippen LogP contribution in [0.3, 0.4) is 0 Å². The Hall–Kier alpha value is -2.23. The van der Waals surface area contributed by atoms with Crippen molar-refractivity contribution in [3.63, 3.8) is 0 Å². The molecule has 0 radical (unpaired) electrons. The third kappa shape index (κ3) is 6.65. The van der Waals surface area contributed by atoms with Crippen molar-refractivity contribution in [3.8, 4) is 5.75 Å². The lowest BCUT2D eigenvalue weighted by Gasteiger charge is -2.19. The average Bonchev–Trinajstić information content (AvgIpc) is 3.31. The zero-order valence-electron chi connectivity index (χ0n) is 20.6. The summed E-state index contributed by atoms with van der Waals surface area (Å²) in [6.07, 6.45) is 1.93. The minimum absolute atomic E-state index is 0.0620. The topological polar surface area (TPSA) is 79.7 Å². The zero-order valence-corrected chi connectivity index (χ0v) is 22.4. The van der Waals surface area contributed by atoms with Gasteiger partial charge in [0.2, 0.25) is 0 Å². The molecule has 7 nitrogen and oxygen atoms in total. The number of benzene rings is 1. The molecule has 0 spiro atoms. The summed E-state index contributed by atoms with van der Waals surface area (Å²) < 4.78 is 19.7. The van der Waals surface area contributed by atoms with Crippen LogP contribution >= 0.6 is 11.3 Å². The number of carbonyl (C=O) groups excluding carboxylic acids is 2. The number of ketones is 1. The molecular weight excluding hydrogens is 456 g/mol. The molecule has 0 atom stereocenters. The van der Waals surface area contributed by atoms with Crippen LogP contribution in [0.25, 0.3) is 21.1 Å². The van der Waals surface area contributed by atoms with Gasteiger partial charge < -0.3 is 18.8 Å². The van der Waals surface area contributed by atoms with E-state index in [-0.39, 0.29) is 24.6 Å². The van der Waals surface area contributed by atoms with Gasteiger partial charge >= 0.3 is 5.97 Å². The first-order valence-corrected chi connectivity index (χ1v) is 15.7. The molecule has 0 bridgehead atoms. The van der Waals surface area contributed by atoms with Crippen LogP contribution in [-0.4, -0.2) is 48.7 Å². The fourth-order valence-corrected chi connectivity index (χ4v) is 5.20. The van der Waals surface area contributed by atoms with Crippen molar-refractivity contribution >= 4 is 52.3 Å². The van der Waals surface area contributed by atoms with E-state index >= 15 is 0 Å². The monoisotopic (exact) mass is 490 g/mol. The standard InChI is InChI=1S/C24H34N2O5SSi/c1-24(2,3)31-21(28)9-8-17(27)20-12-16-19(32-20)13-18(29-4)23-22(16)25-14-26(23)15-30-10-11-33(5,6)7/h12-14H,8-11,15H2,1-7H3. The smallest absolute Gasteiger partial charge is 0.306 e. The summed E-state index contributed by atoms with van der Waals surface area (Å²) in [5.41, 5.74) is 1.07. The summed E-state index contributed by atoms with van der Waals surface area (Å²) in [6.45, 7) is 13.5. The second kappa shape index (κ2) is 9.95. The SMILES string of the molecule is COc1cc2sc(C(=O)CCC(=O)OC(C)(C)C)cc2c2ncn(COCC[Si](C)(C)C)c12. The first-order chi connectivity index (χ1) is 15.4. The number of methoxy groups -OCH3 is 1. The highest BCUT2D eigenvalue weighted by atomic mass is 32.1. The molecule has 1 aromatic carbocycles. The van der Waals surface area contributed by atoms with E-state index in [1.165, 1.54) is 11.3 Å². The van der Waals surface area contributed by atoms with Crippen LogP contribution in [-0.2, 0) is 21.0 Å². The summed E-state index contributed by atoms with van der Waals surface area (Å²) in [5.74, 6) is 0.246. The Morgan fingerprint density at radius 3 is 2.52 bits per heavy atom. The highest BCUT2D eigenvalue weighted by Crippen LogP contribution is 2.37. The van der Waals surface area contributed by atoms with Gasteiger partial charge in [-0.25, -0.2) is 4.98 Å². The average molecular weight is 491 g/mol. The van der Waals surface area contributed by atoms with Crippen molar-refractivity contribution in [2.45, 2.75) is 71.6 Å². The first kappa shape index (κ1) is 25.4. The highest BCUT2D eigenvalue weighted by molar-refractivity contribution is 7.21. The lowest BCUT2D eigenvalue weighted by Crippen LogP contribution is -2.24. The van der Waals surface area contributed by atoms with E-state index in [9.17, 15) is 9.59 Å².